The molecule has 0 aromatic rings. The zero-order chi connectivity index (χ0) is 9.61. The Morgan fingerprint density at radius 2 is 2.00 bits per heavy atom. The lowest BCUT2D eigenvalue weighted by molar-refractivity contribution is 0.326. The monoisotopic (exact) mass is 172 g/mol. The van der Waals surface area contributed by atoms with Crippen LogP contribution < -0.4 is 11.1 Å². The van der Waals surface area contributed by atoms with Crippen molar-refractivity contribution in [2.75, 3.05) is 13.1 Å². The van der Waals surface area contributed by atoms with Crippen LogP contribution in [0.5, 0.6) is 0 Å². The van der Waals surface area contributed by atoms with Crippen LogP contribution in [0.25, 0.3) is 0 Å². The van der Waals surface area contributed by atoms with E-state index in [0.29, 0.717) is 11.5 Å². The van der Waals surface area contributed by atoms with Crippen molar-refractivity contribution >= 4 is 0 Å². The van der Waals surface area contributed by atoms with Gasteiger partial charge in [-0.2, -0.15) is 0 Å². The second-order valence-electron chi connectivity index (χ2n) is 4.46. The Bertz CT molecular complexity index is 108. The SMILES string of the molecule is CCC(C)(C)CNCCC(C)N. The van der Waals surface area contributed by atoms with Crippen molar-refractivity contribution < 1.29 is 0 Å². The lowest BCUT2D eigenvalue weighted by Crippen LogP contribution is -2.31. The summed E-state index contributed by atoms with van der Waals surface area (Å²) in [5.74, 6) is 0. The van der Waals surface area contributed by atoms with E-state index < -0.39 is 0 Å². The summed E-state index contributed by atoms with van der Waals surface area (Å²) in [7, 11) is 0. The van der Waals surface area contributed by atoms with Crippen molar-refractivity contribution in [3.8, 4) is 0 Å². The maximum absolute atomic E-state index is 5.63. The first-order chi connectivity index (χ1) is 5.48. The molecular weight excluding hydrogens is 148 g/mol. The molecule has 0 heterocycles. The van der Waals surface area contributed by atoms with Gasteiger partial charge in [-0.25, -0.2) is 0 Å². The second-order valence-corrected chi connectivity index (χ2v) is 4.46. The molecule has 0 fully saturated rings. The standard InChI is InChI=1S/C10H24N2/c1-5-10(3,4)8-12-7-6-9(2)11/h9,12H,5-8,11H2,1-4H3. The Morgan fingerprint density at radius 1 is 1.42 bits per heavy atom. The van der Waals surface area contributed by atoms with Crippen molar-refractivity contribution in [1.82, 2.24) is 5.32 Å². The van der Waals surface area contributed by atoms with Crippen LogP contribution in [0, 0.1) is 5.41 Å². The van der Waals surface area contributed by atoms with Gasteiger partial charge < -0.3 is 11.1 Å². The molecule has 0 aromatic carbocycles. The molecule has 0 aliphatic carbocycles. The molecular formula is C10H24N2. The minimum absolute atomic E-state index is 0.322. The highest BCUT2D eigenvalue weighted by molar-refractivity contribution is 4.69. The normalized spacial score (nSPS) is 14.8. The Balaban J connectivity index is 3.31. The van der Waals surface area contributed by atoms with E-state index in [1.807, 2.05) is 6.92 Å². The summed E-state index contributed by atoms with van der Waals surface area (Å²) in [5, 5.41) is 3.43. The van der Waals surface area contributed by atoms with Crippen molar-refractivity contribution in [2.45, 2.75) is 46.6 Å². The highest BCUT2D eigenvalue weighted by Gasteiger charge is 2.13. The highest BCUT2D eigenvalue weighted by Crippen LogP contribution is 2.17. The fourth-order valence-corrected chi connectivity index (χ4v) is 0.882. The topological polar surface area (TPSA) is 38.0 Å². The van der Waals surface area contributed by atoms with Crippen LogP contribution in [-0.2, 0) is 0 Å². The van der Waals surface area contributed by atoms with Gasteiger partial charge in [0.1, 0.15) is 0 Å². The molecule has 3 N–H and O–H groups in total. The van der Waals surface area contributed by atoms with Gasteiger partial charge in [0.15, 0.2) is 0 Å². The predicted molar refractivity (Wildman–Crippen MR) is 55.2 cm³/mol. The van der Waals surface area contributed by atoms with E-state index in [0.717, 1.165) is 19.5 Å². The average Bonchev–Trinajstić information content (AvgIpc) is 1.98. The van der Waals surface area contributed by atoms with E-state index in [2.05, 4.69) is 26.1 Å². The van der Waals surface area contributed by atoms with Crippen LogP contribution in [0.3, 0.4) is 0 Å². The molecule has 0 amide bonds. The van der Waals surface area contributed by atoms with Crippen LogP contribution in [0.15, 0.2) is 0 Å². The molecule has 0 spiro atoms. The van der Waals surface area contributed by atoms with Crippen molar-refractivity contribution in [3.63, 3.8) is 0 Å². The minimum atomic E-state index is 0.322. The summed E-state index contributed by atoms with van der Waals surface area (Å²) in [6.07, 6.45) is 2.29. The third kappa shape index (κ3) is 6.62. The number of nitrogens with two attached hydrogens (primary N) is 1. The molecule has 74 valence electrons. The Hall–Kier alpha value is -0.0800. The highest BCUT2D eigenvalue weighted by atomic mass is 14.9. The van der Waals surface area contributed by atoms with E-state index in [1.54, 1.807) is 0 Å². The van der Waals surface area contributed by atoms with Gasteiger partial charge in [0.2, 0.25) is 0 Å². The van der Waals surface area contributed by atoms with Gasteiger partial charge in [0.05, 0.1) is 0 Å². The molecule has 0 saturated heterocycles. The Kier molecular flexibility index (Phi) is 5.51. The van der Waals surface area contributed by atoms with Crippen LogP contribution >= 0.6 is 0 Å². The zero-order valence-electron chi connectivity index (χ0n) is 8.98. The second kappa shape index (κ2) is 5.55. The van der Waals surface area contributed by atoms with Crippen molar-refractivity contribution in [1.29, 1.82) is 0 Å². The van der Waals surface area contributed by atoms with Gasteiger partial charge in [-0.1, -0.05) is 20.8 Å². The molecule has 0 aromatic heterocycles. The first-order valence-corrected chi connectivity index (χ1v) is 4.94. The van der Waals surface area contributed by atoms with Crippen LogP contribution in [-0.4, -0.2) is 19.1 Å². The third-order valence-corrected chi connectivity index (χ3v) is 2.34. The molecule has 0 saturated carbocycles. The van der Waals surface area contributed by atoms with Gasteiger partial charge in [0, 0.05) is 12.6 Å². The average molecular weight is 172 g/mol. The third-order valence-electron chi connectivity index (χ3n) is 2.34. The van der Waals surface area contributed by atoms with Crippen molar-refractivity contribution in [2.24, 2.45) is 11.1 Å². The van der Waals surface area contributed by atoms with Crippen molar-refractivity contribution in [3.05, 3.63) is 0 Å². The smallest absolute Gasteiger partial charge is 0.00225 e. The summed E-state index contributed by atoms with van der Waals surface area (Å²) < 4.78 is 0. The Morgan fingerprint density at radius 3 is 2.42 bits per heavy atom. The quantitative estimate of drug-likeness (QED) is 0.599. The van der Waals surface area contributed by atoms with Crippen LogP contribution in [0.4, 0.5) is 0 Å². The molecule has 0 aliphatic rings. The van der Waals surface area contributed by atoms with Crippen LogP contribution in [0.1, 0.15) is 40.5 Å². The molecule has 0 bridgehead atoms. The fourth-order valence-electron chi connectivity index (χ4n) is 0.882. The number of hydrogen-bond acceptors (Lipinski definition) is 2. The number of hydrogen-bond donors (Lipinski definition) is 2. The first kappa shape index (κ1) is 11.9. The maximum Gasteiger partial charge on any atom is 0.00225 e. The number of nitrogens with one attached hydrogen (secondary N) is 1. The minimum Gasteiger partial charge on any atom is -0.328 e. The molecule has 2 nitrogen and oxygen atoms in total. The Labute approximate surface area is 76.9 Å². The fraction of sp³-hybridized carbons (Fsp3) is 1.00. The lowest BCUT2D eigenvalue weighted by atomic mass is 9.90. The van der Waals surface area contributed by atoms with Crippen LogP contribution in [0.2, 0.25) is 0 Å². The maximum atomic E-state index is 5.63. The molecule has 0 aliphatic heterocycles. The summed E-state index contributed by atoms with van der Waals surface area (Å²) >= 11 is 0. The molecule has 0 radical (unpaired) electrons. The summed E-state index contributed by atoms with van der Waals surface area (Å²) in [6.45, 7) is 11.0. The largest absolute Gasteiger partial charge is 0.328 e. The van der Waals surface area contributed by atoms with Gasteiger partial charge in [-0.15, -0.1) is 0 Å². The zero-order valence-corrected chi connectivity index (χ0v) is 8.98. The van der Waals surface area contributed by atoms with E-state index in [4.69, 9.17) is 5.73 Å². The summed E-state index contributed by atoms with van der Waals surface area (Å²) in [5.41, 5.74) is 6.06. The van der Waals surface area contributed by atoms with E-state index in [9.17, 15) is 0 Å². The van der Waals surface area contributed by atoms with E-state index in [-0.39, 0.29) is 0 Å². The summed E-state index contributed by atoms with van der Waals surface area (Å²) in [6, 6.07) is 0.322. The van der Waals surface area contributed by atoms with Gasteiger partial charge in [-0.3, -0.25) is 0 Å². The van der Waals surface area contributed by atoms with E-state index >= 15 is 0 Å². The molecule has 0 rings (SSSR count). The molecule has 2 heteroatoms. The lowest BCUT2D eigenvalue weighted by Gasteiger charge is -2.23. The van der Waals surface area contributed by atoms with Gasteiger partial charge >= 0.3 is 0 Å². The van der Waals surface area contributed by atoms with Gasteiger partial charge in [-0.05, 0) is 31.7 Å². The molecule has 12 heavy (non-hydrogen) atoms. The van der Waals surface area contributed by atoms with Gasteiger partial charge in [0.25, 0.3) is 0 Å². The van der Waals surface area contributed by atoms with E-state index in [1.165, 1.54) is 6.42 Å². The molecule has 1 atom stereocenters. The predicted octanol–water partition coefficient (Wildman–Crippen LogP) is 1.75. The number of rotatable bonds is 6. The summed E-state index contributed by atoms with van der Waals surface area (Å²) in [4.78, 5) is 0. The first-order valence-electron chi connectivity index (χ1n) is 4.94. The molecule has 1 unspecified atom stereocenters.